The largest absolute Gasteiger partial charge is 0.490 e. The monoisotopic (exact) mass is 912 g/mol. The number of carbonyl (C=O) groups excluding carboxylic acids is 4. The fourth-order valence-electron chi connectivity index (χ4n) is 12.0. The Morgan fingerprint density at radius 3 is 2.48 bits per heavy atom. The number of fused-ring (bicyclic) bond motifs is 3. The van der Waals surface area contributed by atoms with Crippen LogP contribution < -0.4 is 25.0 Å². The van der Waals surface area contributed by atoms with Gasteiger partial charge in [0.1, 0.15) is 47.9 Å². The number of benzene rings is 3. The Labute approximate surface area is 389 Å². The van der Waals surface area contributed by atoms with Crippen LogP contribution in [0, 0.1) is 28.5 Å². The number of pyridine rings is 1. The van der Waals surface area contributed by atoms with E-state index in [1.54, 1.807) is 42.6 Å². The third-order valence-electron chi connectivity index (χ3n) is 15.6. The highest BCUT2D eigenvalue weighted by atomic mass is 19.1. The number of imide groups is 2. The lowest BCUT2D eigenvalue weighted by Gasteiger charge is -2.66. The molecule has 67 heavy (non-hydrogen) atoms. The number of nitriles is 1. The molecule has 1 aromatic heterocycles. The van der Waals surface area contributed by atoms with Crippen molar-refractivity contribution in [3.05, 3.63) is 94.4 Å². The molecular formula is C51H57FN8O7. The minimum absolute atomic E-state index is 0.0602. The maximum atomic E-state index is 16.1. The number of nitrogens with zero attached hydrogens (tertiary/aromatic N) is 6. The molecule has 350 valence electrons. The van der Waals surface area contributed by atoms with Crippen LogP contribution in [0.15, 0.2) is 60.8 Å². The van der Waals surface area contributed by atoms with Gasteiger partial charge in [0.25, 0.3) is 11.8 Å². The maximum Gasteiger partial charge on any atom is 0.262 e. The number of anilines is 1. The molecule has 4 unspecified atom stereocenters. The fourth-order valence-corrected chi connectivity index (χ4v) is 12.0. The van der Waals surface area contributed by atoms with Gasteiger partial charge >= 0.3 is 0 Å². The lowest BCUT2D eigenvalue weighted by Crippen LogP contribution is -2.78. The summed E-state index contributed by atoms with van der Waals surface area (Å²) in [5, 5.41) is 27.9. The van der Waals surface area contributed by atoms with Crippen LogP contribution in [0.3, 0.4) is 0 Å². The highest BCUT2D eigenvalue weighted by molar-refractivity contribution is 6.23. The first-order valence-electron chi connectivity index (χ1n) is 23.4. The number of hydrogen-bond donors (Lipinski definition) is 3. The summed E-state index contributed by atoms with van der Waals surface area (Å²) in [6.45, 7) is 10.5. The van der Waals surface area contributed by atoms with Crippen LogP contribution in [0.2, 0.25) is 0 Å². The lowest BCUT2D eigenvalue weighted by atomic mass is 9.45. The summed E-state index contributed by atoms with van der Waals surface area (Å²) >= 11 is 0. The average molecular weight is 913 g/mol. The molecule has 2 saturated carbocycles. The van der Waals surface area contributed by atoms with Gasteiger partial charge < -0.3 is 24.4 Å². The van der Waals surface area contributed by atoms with Crippen molar-refractivity contribution in [2.45, 2.75) is 101 Å². The van der Waals surface area contributed by atoms with E-state index in [1.807, 2.05) is 12.1 Å². The second-order valence-electron chi connectivity index (χ2n) is 20.4. The van der Waals surface area contributed by atoms with E-state index in [1.165, 1.54) is 6.07 Å². The van der Waals surface area contributed by atoms with E-state index in [0.29, 0.717) is 58.9 Å². The van der Waals surface area contributed by atoms with Gasteiger partial charge in [-0.2, -0.15) is 5.26 Å². The quantitative estimate of drug-likeness (QED) is 0.120. The predicted molar refractivity (Wildman–Crippen MR) is 246 cm³/mol. The summed E-state index contributed by atoms with van der Waals surface area (Å²) in [6, 6.07) is 16.7. The molecular weight excluding hydrogens is 856 g/mol. The number of carbonyl (C=O) groups is 4. The first-order valence-corrected chi connectivity index (χ1v) is 23.4. The summed E-state index contributed by atoms with van der Waals surface area (Å²) in [4.78, 5) is 63.0. The van der Waals surface area contributed by atoms with Crippen LogP contribution in [0.4, 0.5) is 10.1 Å². The summed E-state index contributed by atoms with van der Waals surface area (Å²) in [5.74, 6) is -0.906. The second-order valence-corrected chi connectivity index (χ2v) is 20.4. The smallest absolute Gasteiger partial charge is 0.262 e. The minimum Gasteiger partial charge on any atom is -0.490 e. The van der Waals surface area contributed by atoms with Crippen molar-refractivity contribution >= 4 is 40.2 Å². The first-order chi connectivity index (χ1) is 32.1. The Balaban J connectivity index is 0.741. The molecule has 2 aliphatic carbocycles. The minimum atomic E-state index is -1.13. The molecule has 4 fully saturated rings. The van der Waals surface area contributed by atoms with E-state index in [4.69, 9.17) is 9.47 Å². The van der Waals surface area contributed by atoms with Crippen molar-refractivity contribution in [2.75, 3.05) is 51.7 Å². The number of hydrogen-bond acceptors (Lipinski definition) is 13. The van der Waals surface area contributed by atoms with Crippen molar-refractivity contribution in [1.29, 1.82) is 5.26 Å². The summed E-state index contributed by atoms with van der Waals surface area (Å²) < 4.78 is 29.0. The fraction of sp³-hybridized carbons (Fsp3) is 0.490. The van der Waals surface area contributed by atoms with E-state index in [-0.39, 0.29) is 48.0 Å². The Morgan fingerprint density at radius 2 is 1.76 bits per heavy atom. The van der Waals surface area contributed by atoms with E-state index in [9.17, 15) is 29.5 Å². The lowest BCUT2D eigenvalue weighted by molar-refractivity contribution is -0.148. The van der Waals surface area contributed by atoms with Crippen molar-refractivity contribution in [3.63, 3.8) is 0 Å². The number of aliphatic hydroxyl groups is 1. The number of aromatic nitrogens is 1. The number of halogens is 1. The van der Waals surface area contributed by atoms with Gasteiger partial charge in [0.2, 0.25) is 11.8 Å². The van der Waals surface area contributed by atoms with Crippen LogP contribution >= 0.6 is 0 Å². The van der Waals surface area contributed by atoms with E-state index >= 15 is 4.39 Å². The molecule has 15 nitrogen and oxygen atoms in total. The molecule has 3 aromatic carbocycles. The molecule has 10 rings (SSSR count). The Hall–Kier alpha value is -5.99. The van der Waals surface area contributed by atoms with Gasteiger partial charge in [-0.3, -0.25) is 44.6 Å². The second kappa shape index (κ2) is 17.0. The molecule has 5 atom stereocenters. The summed E-state index contributed by atoms with van der Waals surface area (Å²) in [6.07, 6.45) is 3.94. The van der Waals surface area contributed by atoms with Gasteiger partial charge in [0, 0.05) is 86.5 Å². The maximum absolute atomic E-state index is 16.1. The van der Waals surface area contributed by atoms with E-state index in [2.05, 4.69) is 71.3 Å². The normalized spacial score (nSPS) is 27.0. The van der Waals surface area contributed by atoms with Gasteiger partial charge in [0.15, 0.2) is 0 Å². The van der Waals surface area contributed by atoms with E-state index in [0.717, 1.165) is 61.2 Å². The zero-order valence-electron chi connectivity index (χ0n) is 38.6. The summed E-state index contributed by atoms with van der Waals surface area (Å²) in [7, 11) is 4.14. The summed E-state index contributed by atoms with van der Waals surface area (Å²) in [5.41, 5.74) is 2.54. The molecule has 0 radical (unpaired) electrons. The molecule has 2 saturated heterocycles. The first kappa shape index (κ1) is 44.8. The zero-order chi connectivity index (χ0) is 47.1. The average Bonchev–Trinajstić information content (AvgIpc) is 3.54. The van der Waals surface area contributed by atoms with Crippen LogP contribution in [0.1, 0.15) is 103 Å². The van der Waals surface area contributed by atoms with Crippen LogP contribution in [0.5, 0.6) is 11.5 Å². The highest BCUT2D eigenvalue weighted by Gasteiger charge is 2.68. The number of amides is 4. The van der Waals surface area contributed by atoms with Crippen LogP contribution in [0.25, 0.3) is 10.9 Å². The van der Waals surface area contributed by atoms with Crippen LogP contribution in [-0.4, -0.2) is 126 Å². The van der Waals surface area contributed by atoms with Crippen molar-refractivity contribution in [3.8, 4) is 17.6 Å². The van der Waals surface area contributed by atoms with Crippen molar-refractivity contribution in [2.24, 2.45) is 11.3 Å². The van der Waals surface area contributed by atoms with Crippen molar-refractivity contribution < 1.29 is 38.1 Å². The van der Waals surface area contributed by atoms with Gasteiger partial charge in [-0.15, -0.1) is 0 Å². The molecule has 0 spiro atoms. The Bertz CT molecular complexity index is 2730. The van der Waals surface area contributed by atoms with Crippen molar-refractivity contribution in [1.82, 2.24) is 30.3 Å². The van der Waals surface area contributed by atoms with Gasteiger partial charge in [0.05, 0.1) is 27.9 Å². The number of likely N-dealkylation sites (N-methyl/N-ethyl adjacent to an activating group) is 1. The third kappa shape index (κ3) is 7.60. The predicted octanol–water partition coefficient (Wildman–Crippen LogP) is 5.04. The zero-order valence-corrected chi connectivity index (χ0v) is 38.6. The third-order valence-corrected chi connectivity index (χ3v) is 15.6. The topological polar surface area (TPSA) is 181 Å². The molecule has 6 aliphatic rings. The van der Waals surface area contributed by atoms with Gasteiger partial charge in [-0.25, -0.2) is 4.39 Å². The van der Waals surface area contributed by atoms with Gasteiger partial charge in [-0.1, -0.05) is 26.8 Å². The number of rotatable bonds is 13. The van der Waals surface area contributed by atoms with Gasteiger partial charge in [-0.05, 0) is 98.9 Å². The number of ether oxygens (including phenoxy) is 2. The standard InChI is InChI=1S/C51H57FN8O7/c1-50(2)48(51(3)36-14-17-54-43-30(26-53)7-12-40(42(36)43)67-49(50)51)56-44(62)29-6-10-38(37(52)22-29)58-18-15-28(16-19-58)27-59(21-20-57(4)5)31-23-33(24-31)66-32-8-9-34-35(25-32)47(65)60(46(34)64)39-11-13-41(61)55-45(39)63/h6-10,12,14,17,22,25,28,31,33,39,44,48-49,56,62H,11,13,15-16,18-21,23-24,27H2,1-5H3,(H,55,61,63)/t31?,33?,39?,44?,48?,49-,51?/m0/s1. The van der Waals surface area contributed by atoms with E-state index < -0.39 is 46.7 Å². The molecule has 4 amide bonds. The highest BCUT2D eigenvalue weighted by Crippen LogP contribution is 2.61. The molecule has 4 aromatic rings. The van der Waals surface area contributed by atoms with Crippen LogP contribution in [-0.2, 0) is 15.0 Å². The molecule has 0 bridgehead atoms. The SMILES string of the molecule is CN(C)CCN(CC1CCN(c2ccc(C(O)NC3C(C)(C)[C@@H]4Oc5ccc(C#N)c6nccc(c56)C34C)cc2F)CC1)C1CC(Oc2ccc3c(c2)C(=O)N(C2CCC(=O)NC2=O)C3=O)C1. The Kier molecular flexibility index (Phi) is 11.3. The molecule has 5 heterocycles. The molecule has 4 aliphatic heterocycles. The number of nitrogens with one attached hydrogen (secondary N) is 2. The number of piperidine rings is 2. The Morgan fingerprint density at radius 1 is 1.00 bits per heavy atom. The number of aliphatic hydroxyl groups excluding tert-OH is 1. The molecule has 3 N–H and O–H groups in total. The molecule has 16 heteroatoms.